The molecule has 6 nitrogen and oxygen atoms in total. The van der Waals surface area contributed by atoms with Crippen molar-refractivity contribution in [3.8, 4) is 6.07 Å². The van der Waals surface area contributed by atoms with E-state index < -0.39 is 15.9 Å². The van der Waals surface area contributed by atoms with Crippen LogP contribution in [-0.4, -0.2) is 8.42 Å². The van der Waals surface area contributed by atoms with Gasteiger partial charge in [-0.1, -0.05) is 72.3 Å². The fourth-order valence-corrected chi connectivity index (χ4v) is 6.35. The summed E-state index contributed by atoms with van der Waals surface area (Å²) < 4.78 is 35.6. The lowest BCUT2D eigenvalue weighted by Crippen LogP contribution is -2.39. The number of nitrogens with zero attached hydrogens (tertiary/aromatic N) is 2. The molecule has 0 radical (unpaired) electrons. The molecule has 3 aromatic rings. The summed E-state index contributed by atoms with van der Waals surface area (Å²) in [6.07, 6.45) is 0. The van der Waals surface area contributed by atoms with Crippen molar-refractivity contribution in [2.45, 2.75) is 19.4 Å². The standard InChI is InChI=1S/C26H21N3O3S/c1-17-8-7-9-18(14-17)16-29-22-13-6-5-12-20(22)24-25(33(29,30)31)23(19-10-3-2-4-11-19)21(15-27)26(28)32-24/h2-14,23H,16,28H2,1H3. The largest absolute Gasteiger partial charge is 0.439 e. The smallest absolute Gasteiger partial charge is 0.265 e. The number of nitriles is 1. The summed E-state index contributed by atoms with van der Waals surface area (Å²) in [4.78, 5) is 0.0332. The van der Waals surface area contributed by atoms with Crippen LogP contribution in [0.4, 0.5) is 5.69 Å². The fraction of sp³-hybridized carbons (Fsp3) is 0.115. The van der Waals surface area contributed by atoms with Crippen LogP contribution in [0, 0.1) is 18.3 Å². The molecule has 2 aliphatic rings. The molecule has 164 valence electrons. The van der Waals surface area contributed by atoms with Crippen LogP contribution in [0.25, 0.3) is 5.76 Å². The van der Waals surface area contributed by atoms with Crippen molar-refractivity contribution in [2.75, 3.05) is 4.31 Å². The zero-order valence-electron chi connectivity index (χ0n) is 17.9. The average molecular weight is 456 g/mol. The van der Waals surface area contributed by atoms with Crippen molar-refractivity contribution in [2.24, 2.45) is 5.73 Å². The van der Waals surface area contributed by atoms with E-state index in [0.717, 1.165) is 11.1 Å². The molecular weight excluding hydrogens is 434 g/mol. The summed E-state index contributed by atoms with van der Waals surface area (Å²) in [6.45, 7) is 2.12. The van der Waals surface area contributed by atoms with Gasteiger partial charge in [0.2, 0.25) is 5.88 Å². The maximum absolute atomic E-state index is 14.2. The van der Waals surface area contributed by atoms with Crippen molar-refractivity contribution in [3.05, 3.63) is 117 Å². The first-order valence-corrected chi connectivity index (χ1v) is 11.9. The van der Waals surface area contributed by atoms with Gasteiger partial charge in [0.05, 0.1) is 18.2 Å². The van der Waals surface area contributed by atoms with E-state index in [2.05, 4.69) is 6.07 Å². The first kappa shape index (κ1) is 20.9. The molecule has 0 bridgehead atoms. The highest BCUT2D eigenvalue weighted by Gasteiger charge is 2.47. The highest BCUT2D eigenvalue weighted by Crippen LogP contribution is 2.51. The lowest BCUT2D eigenvalue weighted by atomic mass is 9.88. The monoisotopic (exact) mass is 455 g/mol. The quantitative estimate of drug-likeness (QED) is 0.626. The van der Waals surface area contributed by atoms with E-state index in [1.165, 1.54) is 4.31 Å². The molecule has 2 N–H and O–H groups in total. The van der Waals surface area contributed by atoms with E-state index in [4.69, 9.17) is 10.5 Å². The second-order valence-corrected chi connectivity index (χ2v) is 9.88. The van der Waals surface area contributed by atoms with E-state index in [0.29, 0.717) is 16.8 Å². The van der Waals surface area contributed by atoms with E-state index in [9.17, 15) is 13.7 Å². The summed E-state index contributed by atoms with van der Waals surface area (Å²) in [6, 6.07) is 26.1. The van der Waals surface area contributed by atoms with Gasteiger partial charge in [0, 0.05) is 5.56 Å². The molecule has 5 rings (SSSR count). The number of allylic oxidation sites excluding steroid dienone is 2. The Hall–Kier alpha value is -4.02. The molecule has 0 spiro atoms. The summed E-state index contributed by atoms with van der Waals surface area (Å²) in [5.41, 5.74) is 9.91. The summed E-state index contributed by atoms with van der Waals surface area (Å²) in [5, 5.41) is 9.88. The first-order chi connectivity index (χ1) is 15.9. The van der Waals surface area contributed by atoms with E-state index in [1.54, 1.807) is 24.3 Å². The van der Waals surface area contributed by atoms with Crippen LogP contribution >= 0.6 is 0 Å². The number of fused-ring (bicyclic) bond motifs is 2. The van der Waals surface area contributed by atoms with Gasteiger partial charge in [-0.2, -0.15) is 5.26 Å². The first-order valence-electron chi connectivity index (χ1n) is 10.5. The second kappa shape index (κ2) is 7.84. The zero-order chi connectivity index (χ0) is 23.2. The minimum absolute atomic E-state index is 0.0332. The molecule has 33 heavy (non-hydrogen) atoms. The second-order valence-electron chi connectivity index (χ2n) is 8.05. The molecule has 1 unspecified atom stereocenters. The molecule has 2 heterocycles. The van der Waals surface area contributed by atoms with Crippen molar-refractivity contribution in [1.82, 2.24) is 0 Å². The van der Waals surface area contributed by atoms with Gasteiger partial charge in [-0.25, -0.2) is 8.42 Å². The average Bonchev–Trinajstić information content (AvgIpc) is 2.81. The molecule has 0 saturated heterocycles. The van der Waals surface area contributed by atoms with Crippen molar-refractivity contribution >= 4 is 21.5 Å². The van der Waals surface area contributed by atoms with Crippen LogP contribution in [0.1, 0.15) is 28.2 Å². The Balaban J connectivity index is 1.76. The number of para-hydroxylation sites is 1. The third-order valence-electron chi connectivity index (χ3n) is 5.90. The predicted molar refractivity (Wildman–Crippen MR) is 127 cm³/mol. The van der Waals surface area contributed by atoms with Crippen LogP contribution in [-0.2, 0) is 21.3 Å². The van der Waals surface area contributed by atoms with E-state index in [1.807, 2.05) is 61.5 Å². The molecule has 3 aromatic carbocycles. The van der Waals surface area contributed by atoms with Crippen LogP contribution in [0.5, 0.6) is 0 Å². The lowest BCUT2D eigenvalue weighted by Gasteiger charge is -2.38. The van der Waals surface area contributed by atoms with Crippen LogP contribution in [0.2, 0.25) is 0 Å². The number of sulfonamides is 1. The molecule has 1 atom stereocenters. The SMILES string of the molecule is Cc1cccc(CN2c3ccccc3C3=C(C(c4ccccc4)C(C#N)=C(N)O3)S2(=O)=O)c1. The summed E-state index contributed by atoms with van der Waals surface area (Å²) in [7, 11) is -4.07. The number of aryl methyl sites for hydroxylation is 1. The van der Waals surface area contributed by atoms with Gasteiger partial charge in [0.25, 0.3) is 10.0 Å². The van der Waals surface area contributed by atoms with Gasteiger partial charge < -0.3 is 10.5 Å². The topological polar surface area (TPSA) is 96.4 Å². The van der Waals surface area contributed by atoms with Gasteiger partial charge in [0.15, 0.2) is 5.76 Å². The zero-order valence-corrected chi connectivity index (χ0v) is 18.7. The Bertz CT molecular complexity index is 1470. The van der Waals surface area contributed by atoms with Gasteiger partial charge >= 0.3 is 0 Å². The fourth-order valence-electron chi connectivity index (χ4n) is 4.43. The molecule has 2 aliphatic heterocycles. The maximum Gasteiger partial charge on any atom is 0.265 e. The van der Waals surface area contributed by atoms with Crippen LogP contribution < -0.4 is 10.0 Å². The molecule has 0 saturated carbocycles. The minimum Gasteiger partial charge on any atom is -0.439 e. The molecule has 0 aliphatic carbocycles. The van der Waals surface area contributed by atoms with Gasteiger partial charge in [0.1, 0.15) is 16.5 Å². The highest BCUT2D eigenvalue weighted by molar-refractivity contribution is 7.96. The number of ether oxygens (including phenoxy) is 1. The Labute approximate surface area is 192 Å². The Morgan fingerprint density at radius 2 is 1.76 bits per heavy atom. The number of hydrogen-bond donors (Lipinski definition) is 1. The molecule has 7 heteroatoms. The van der Waals surface area contributed by atoms with E-state index >= 15 is 0 Å². The van der Waals surface area contributed by atoms with Gasteiger partial charge in [-0.15, -0.1) is 0 Å². The molecule has 0 fully saturated rings. The molecule has 0 amide bonds. The van der Waals surface area contributed by atoms with Crippen molar-refractivity contribution in [3.63, 3.8) is 0 Å². The third-order valence-corrected chi connectivity index (χ3v) is 7.78. The normalized spacial score (nSPS) is 18.8. The summed E-state index contributed by atoms with van der Waals surface area (Å²) in [5.74, 6) is -0.767. The van der Waals surface area contributed by atoms with Gasteiger partial charge in [-0.3, -0.25) is 4.31 Å². The molecular formula is C26H21N3O3S. The number of nitrogens with two attached hydrogens (primary N) is 1. The number of rotatable bonds is 3. The highest BCUT2D eigenvalue weighted by atomic mass is 32.2. The summed E-state index contributed by atoms with van der Waals surface area (Å²) >= 11 is 0. The third kappa shape index (κ3) is 3.36. The Kier molecular flexibility index (Phi) is 4.95. The molecule has 0 aromatic heterocycles. The van der Waals surface area contributed by atoms with Crippen molar-refractivity contribution < 1.29 is 13.2 Å². The Morgan fingerprint density at radius 1 is 1.03 bits per heavy atom. The number of anilines is 1. The van der Waals surface area contributed by atoms with Crippen LogP contribution in [0.3, 0.4) is 0 Å². The van der Waals surface area contributed by atoms with Crippen molar-refractivity contribution in [1.29, 1.82) is 5.26 Å². The minimum atomic E-state index is -4.07. The number of hydrogen-bond acceptors (Lipinski definition) is 5. The van der Waals surface area contributed by atoms with E-state index in [-0.39, 0.29) is 28.7 Å². The lowest BCUT2D eigenvalue weighted by molar-refractivity contribution is 0.357. The predicted octanol–water partition coefficient (Wildman–Crippen LogP) is 4.52. The number of benzene rings is 3. The van der Waals surface area contributed by atoms with Gasteiger partial charge in [-0.05, 0) is 30.2 Å². The maximum atomic E-state index is 14.2. The Morgan fingerprint density at radius 3 is 2.48 bits per heavy atom. The van der Waals surface area contributed by atoms with Crippen LogP contribution in [0.15, 0.2) is 95.2 Å².